The third-order valence-corrected chi connectivity index (χ3v) is 17.0. The molecule has 0 aromatic carbocycles. The van der Waals surface area contributed by atoms with Gasteiger partial charge in [0.15, 0.2) is 0 Å². The van der Waals surface area contributed by atoms with E-state index in [1.807, 2.05) is 41.5 Å². The first-order valence-corrected chi connectivity index (χ1v) is 37.7. The molecule has 14 amide bonds. The largest absolute Gasteiger partial charge is 0.368 e. The molecular weight excluding hydrogens is 1360 g/mol. The molecule has 105 heavy (non-hydrogen) atoms. The molecule has 604 valence electrons. The van der Waals surface area contributed by atoms with Crippen LogP contribution in [0.25, 0.3) is 0 Å². The van der Waals surface area contributed by atoms with Gasteiger partial charge >= 0.3 is 0 Å². The summed E-state index contributed by atoms with van der Waals surface area (Å²) in [6, 6.07) is -14.0. The van der Waals surface area contributed by atoms with Crippen molar-refractivity contribution in [3.05, 3.63) is 0 Å². The maximum absolute atomic E-state index is 14.4. The van der Waals surface area contributed by atoms with Crippen LogP contribution in [0.4, 0.5) is 0 Å². The first-order valence-electron chi connectivity index (χ1n) is 37.7. The summed E-state index contributed by atoms with van der Waals surface area (Å²) in [4.78, 5) is 191. The van der Waals surface area contributed by atoms with Gasteiger partial charge in [0.05, 0.1) is 19.1 Å². The van der Waals surface area contributed by atoms with E-state index in [-0.39, 0.29) is 108 Å². The highest BCUT2D eigenvalue weighted by atomic mass is 16.2. The van der Waals surface area contributed by atoms with Gasteiger partial charge in [-0.25, -0.2) is 0 Å². The summed E-state index contributed by atoms with van der Waals surface area (Å²) in [6.07, 6.45) is 7.16. The molecule has 0 aliphatic heterocycles. The fourth-order valence-corrected chi connectivity index (χ4v) is 11.1. The van der Waals surface area contributed by atoms with Gasteiger partial charge in [0.2, 0.25) is 82.7 Å². The molecule has 35 heteroatoms. The van der Waals surface area contributed by atoms with E-state index in [0.29, 0.717) is 96.6 Å². The Balaban J connectivity index is 6.56. The number of unbranched alkanes of at least 4 members (excludes halogenated alkanes) is 6. The van der Waals surface area contributed by atoms with Crippen molar-refractivity contribution in [3.8, 4) is 0 Å². The van der Waals surface area contributed by atoms with Crippen LogP contribution in [0, 0.1) is 23.7 Å². The van der Waals surface area contributed by atoms with Gasteiger partial charge in [-0.2, -0.15) is 0 Å². The van der Waals surface area contributed by atoms with E-state index in [0.717, 1.165) is 0 Å². The van der Waals surface area contributed by atoms with E-state index in [4.69, 9.17) is 45.9 Å². The summed E-state index contributed by atoms with van der Waals surface area (Å²) in [6.45, 7) is 18.1. The maximum atomic E-state index is 14.4. The van der Waals surface area contributed by atoms with Crippen LogP contribution in [-0.4, -0.2) is 208 Å². The summed E-state index contributed by atoms with van der Waals surface area (Å²) < 4.78 is 0. The van der Waals surface area contributed by atoms with Crippen molar-refractivity contribution in [1.82, 2.24) is 69.1 Å². The predicted molar refractivity (Wildman–Crippen MR) is 401 cm³/mol. The van der Waals surface area contributed by atoms with Gasteiger partial charge < -0.3 is 115 Å². The topological polar surface area (TPSA) is 604 Å². The normalized spacial score (nSPS) is 14.8. The van der Waals surface area contributed by atoms with E-state index < -0.39 is 168 Å². The van der Waals surface area contributed by atoms with Crippen LogP contribution in [0.3, 0.4) is 0 Å². The molecule has 0 saturated heterocycles. The van der Waals surface area contributed by atoms with E-state index >= 15 is 0 Å². The first-order chi connectivity index (χ1) is 49.6. The summed E-state index contributed by atoms with van der Waals surface area (Å²) in [5, 5.41) is 34.4. The fraction of sp³-hybridized carbons (Fsp3) is 0.800. The van der Waals surface area contributed by atoms with E-state index in [2.05, 4.69) is 69.1 Å². The van der Waals surface area contributed by atoms with E-state index in [9.17, 15) is 67.1 Å². The zero-order valence-electron chi connectivity index (χ0n) is 64.3. The Morgan fingerprint density at radius 3 is 0.743 bits per heavy atom. The van der Waals surface area contributed by atoms with Crippen LogP contribution in [-0.2, 0) is 67.1 Å². The molecule has 0 aromatic heterocycles. The van der Waals surface area contributed by atoms with Gasteiger partial charge in [0.1, 0.15) is 66.5 Å². The van der Waals surface area contributed by atoms with Crippen LogP contribution in [0.15, 0.2) is 0 Å². The van der Waals surface area contributed by atoms with Gasteiger partial charge in [-0.3, -0.25) is 67.1 Å². The zero-order valence-corrected chi connectivity index (χ0v) is 64.3. The molecular formula is C70H135N21O14. The van der Waals surface area contributed by atoms with Gasteiger partial charge in [-0.05, 0) is 212 Å². The number of primary amides is 1. The molecule has 0 fully saturated rings. The lowest BCUT2D eigenvalue weighted by atomic mass is 10.0. The molecule has 0 unspecified atom stereocenters. The molecule has 12 atom stereocenters. The zero-order chi connectivity index (χ0) is 79.7. The molecule has 29 N–H and O–H groups in total. The standard InChI is InChI=1S/C70H135N21O14/c1-41(2)35-53(63(98)79-39-57(92)83-48(59(78)94)24-12-18-30-72)89-65(100)49(25-13-19-31-73)84-58(93)40-80-64(99)54(36-42(3)4)90-68(103)52(28-16-22-34-76)87-66(101)50(26-14-20-32-74)85-60(95)46(10)82-70(105)56(38-44(7)8)91-67(102)51(27-15-21-33-75)86-61(96)45(9)81-69(104)55(37-43(5)6)88-62(97)47(77)23-11-17-29-71/h41-56H,11-40,71-77H2,1-10H3,(H2,78,94)(H,79,98)(H,80,99)(H,81,104)(H,82,105)(H,83,92)(H,84,93)(H,85,95)(H,86,96)(H,87,101)(H,88,97)(H,89,100)(H,90,103)(H,91,102)/t45-,46-,47-,48-,49-,50-,51-,52-,53-,54-,55-,56-/m1/s1. The third-order valence-electron chi connectivity index (χ3n) is 17.0. The van der Waals surface area contributed by atoms with Crippen molar-refractivity contribution in [2.75, 3.05) is 52.4 Å². The molecule has 0 radical (unpaired) electrons. The van der Waals surface area contributed by atoms with Crippen LogP contribution in [0.5, 0.6) is 0 Å². The van der Waals surface area contributed by atoms with Gasteiger partial charge in [0.25, 0.3) is 0 Å². The van der Waals surface area contributed by atoms with Crippen LogP contribution < -0.4 is 115 Å². The quantitative estimate of drug-likeness (QED) is 0.0261. The first kappa shape index (κ1) is 97.3. The summed E-state index contributed by atoms with van der Waals surface area (Å²) >= 11 is 0. The second-order valence-corrected chi connectivity index (χ2v) is 28.8. The molecule has 0 heterocycles. The number of rotatable bonds is 59. The number of hydrogen-bond acceptors (Lipinski definition) is 21. The second-order valence-electron chi connectivity index (χ2n) is 28.8. The Labute approximate surface area is 621 Å². The number of nitrogens with one attached hydrogen (secondary N) is 13. The predicted octanol–water partition coefficient (Wildman–Crippen LogP) is -3.64. The number of nitrogens with two attached hydrogens (primary N) is 8. The molecule has 0 saturated carbocycles. The van der Waals surface area contributed by atoms with E-state index in [1.165, 1.54) is 13.8 Å². The number of hydrogen-bond donors (Lipinski definition) is 21. The minimum absolute atomic E-state index is 0.0366. The molecule has 0 aliphatic carbocycles. The minimum atomic E-state index is -1.31. The van der Waals surface area contributed by atoms with Crippen LogP contribution in [0.1, 0.15) is 210 Å². The second kappa shape index (κ2) is 55.7. The lowest BCUT2D eigenvalue weighted by Crippen LogP contribution is -2.60. The Morgan fingerprint density at radius 2 is 0.467 bits per heavy atom. The highest BCUT2D eigenvalue weighted by Crippen LogP contribution is 2.14. The average Bonchev–Trinajstić information content (AvgIpc) is 0.874. The van der Waals surface area contributed by atoms with Crippen molar-refractivity contribution >= 4 is 82.7 Å². The molecule has 0 aromatic rings. The number of carbonyl (C=O) groups excluding carboxylic acids is 14. The smallest absolute Gasteiger partial charge is 0.243 e. The lowest BCUT2D eigenvalue weighted by molar-refractivity contribution is -0.136. The Bertz CT molecular complexity index is 2670. The monoisotopic (exact) mass is 1490 g/mol. The Hall–Kier alpha value is -7.70. The highest BCUT2D eigenvalue weighted by molar-refractivity contribution is 5.99. The van der Waals surface area contributed by atoms with Crippen molar-refractivity contribution in [2.45, 2.75) is 283 Å². The molecule has 0 bridgehead atoms. The number of carbonyl (C=O) groups is 14. The molecule has 0 spiro atoms. The van der Waals surface area contributed by atoms with Gasteiger partial charge in [-0.1, -0.05) is 61.8 Å². The van der Waals surface area contributed by atoms with Crippen LogP contribution in [0.2, 0.25) is 0 Å². The fourth-order valence-electron chi connectivity index (χ4n) is 11.1. The van der Waals surface area contributed by atoms with Crippen molar-refractivity contribution in [3.63, 3.8) is 0 Å². The highest BCUT2D eigenvalue weighted by Gasteiger charge is 2.36. The Morgan fingerprint density at radius 1 is 0.248 bits per heavy atom. The van der Waals surface area contributed by atoms with Crippen molar-refractivity contribution in [2.24, 2.45) is 69.5 Å². The molecule has 0 aliphatic rings. The summed E-state index contributed by atoms with van der Waals surface area (Å²) in [5.41, 5.74) is 45.9. The van der Waals surface area contributed by atoms with Crippen molar-refractivity contribution in [1.29, 1.82) is 0 Å². The lowest BCUT2D eigenvalue weighted by Gasteiger charge is -2.28. The van der Waals surface area contributed by atoms with E-state index in [1.54, 1.807) is 13.8 Å². The number of amides is 14. The van der Waals surface area contributed by atoms with Crippen LogP contribution >= 0.6 is 0 Å². The SMILES string of the molecule is CC(C)C[C@@H](NC(=O)[C@H](N)CCCCN)C(=O)N[C@H](C)C(=O)N[C@H](CCCCN)C(=O)N[C@H](CC(C)C)C(=O)N[C@H](C)C(=O)N[C@H](CCCCN)C(=O)N[C@H](CCCCN)C(=O)N[C@H](CC(C)C)C(=O)NCC(=O)N[C@H](CCCCN)C(=O)N[C@H](CC(C)C)C(=O)NCC(=O)N[C@H](CCCCN)C(N)=O. The van der Waals surface area contributed by atoms with Gasteiger partial charge in [-0.15, -0.1) is 0 Å². The average molecular weight is 1490 g/mol. The van der Waals surface area contributed by atoms with Gasteiger partial charge in [0, 0.05) is 0 Å². The minimum Gasteiger partial charge on any atom is -0.368 e. The Kier molecular flexibility index (Phi) is 51.6. The maximum Gasteiger partial charge on any atom is 0.243 e. The van der Waals surface area contributed by atoms with Crippen molar-refractivity contribution < 1.29 is 67.1 Å². The summed E-state index contributed by atoms with van der Waals surface area (Å²) in [5.74, 6) is -10.7. The molecule has 35 nitrogen and oxygen atoms in total. The summed E-state index contributed by atoms with van der Waals surface area (Å²) in [7, 11) is 0. The third kappa shape index (κ3) is 43.5. The molecule has 0 rings (SSSR count).